The fraction of sp³-hybridized carbons (Fsp3) is 0.545. The second kappa shape index (κ2) is 5.47. The molecule has 0 saturated heterocycles. The summed E-state index contributed by atoms with van der Waals surface area (Å²) in [5.74, 6) is 0.110. The van der Waals surface area contributed by atoms with Crippen molar-refractivity contribution in [3.05, 3.63) is 22.6 Å². The number of amides is 1. The molecule has 3 N–H and O–H groups in total. The van der Waals surface area contributed by atoms with Crippen LogP contribution in [0.5, 0.6) is 0 Å². The Kier molecular flexibility index (Phi) is 3.74. The Morgan fingerprint density at radius 2 is 2.35 bits per heavy atom. The second-order valence-electron chi connectivity index (χ2n) is 4.21. The predicted molar refractivity (Wildman–Crippen MR) is 63.7 cm³/mol. The van der Waals surface area contributed by atoms with Gasteiger partial charge in [0.2, 0.25) is 5.91 Å². The van der Waals surface area contributed by atoms with Crippen molar-refractivity contribution in [1.82, 2.24) is 15.5 Å². The highest BCUT2D eigenvalue weighted by molar-refractivity contribution is 5.76. The summed E-state index contributed by atoms with van der Waals surface area (Å²) < 4.78 is 0. The maximum absolute atomic E-state index is 11.4. The van der Waals surface area contributed by atoms with Gasteiger partial charge in [0.1, 0.15) is 0 Å². The zero-order valence-corrected chi connectivity index (χ0v) is 9.53. The molecule has 0 bridgehead atoms. The molecule has 1 aromatic rings. The largest absolute Gasteiger partial charge is 0.384 e. The van der Waals surface area contributed by atoms with Crippen LogP contribution >= 0.6 is 0 Å². The SMILES string of the molecule is O=C(CCCNc1cn[nH]c(=O)c1)NC1CC1. The van der Waals surface area contributed by atoms with Crippen molar-refractivity contribution >= 4 is 11.6 Å². The van der Waals surface area contributed by atoms with Crippen LogP contribution in [0.2, 0.25) is 0 Å². The molecule has 0 aliphatic heterocycles. The normalized spacial score (nSPS) is 14.4. The first-order valence-electron chi connectivity index (χ1n) is 5.82. The molecule has 2 rings (SSSR count). The lowest BCUT2D eigenvalue weighted by Gasteiger charge is -2.05. The molecule has 1 aromatic heterocycles. The summed E-state index contributed by atoms with van der Waals surface area (Å²) in [5.41, 5.74) is 0.442. The number of anilines is 1. The number of hydrogen-bond acceptors (Lipinski definition) is 4. The quantitative estimate of drug-likeness (QED) is 0.617. The average molecular weight is 236 g/mol. The third-order valence-corrected chi connectivity index (χ3v) is 2.52. The first-order chi connectivity index (χ1) is 8.24. The summed E-state index contributed by atoms with van der Waals surface area (Å²) in [6.45, 7) is 0.656. The van der Waals surface area contributed by atoms with Crippen molar-refractivity contribution in [2.24, 2.45) is 0 Å². The van der Waals surface area contributed by atoms with E-state index in [0.717, 1.165) is 19.3 Å². The molecule has 92 valence electrons. The Labute approximate surface area is 98.8 Å². The smallest absolute Gasteiger partial charge is 0.266 e. The van der Waals surface area contributed by atoms with Crippen molar-refractivity contribution in [2.45, 2.75) is 31.7 Å². The van der Waals surface area contributed by atoms with E-state index in [9.17, 15) is 9.59 Å². The lowest BCUT2D eigenvalue weighted by atomic mass is 10.3. The summed E-state index contributed by atoms with van der Waals surface area (Å²) in [6, 6.07) is 1.87. The van der Waals surface area contributed by atoms with Crippen LogP contribution in [0.25, 0.3) is 0 Å². The van der Waals surface area contributed by atoms with E-state index in [1.165, 1.54) is 6.07 Å². The van der Waals surface area contributed by atoms with Gasteiger partial charge in [-0.2, -0.15) is 5.10 Å². The molecule has 0 unspecified atom stereocenters. The zero-order chi connectivity index (χ0) is 12.1. The third-order valence-electron chi connectivity index (χ3n) is 2.52. The molecule has 0 aromatic carbocycles. The van der Waals surface area contributed by atoms with Crippen molar-refractivity contribution in [3.63, 3.8) is 0 Å². The van der Waals surface area contributed by atoms with Gasteiger partial charge in [0.05, 0.1) is 11.9 Å². The highest BCUT2D eigenvalue weighted by atomic mass is 16.1. The molecule has 1 aliphatic rings. The van der Waals surface area contributed by atoms with Gasteiger partial charge >= 0.3 is 0 Å². The summed E-state index contributed by atoms with van der Waals surface area (Å²) in [4.78, 5) is 22.3. The minimum atomic E-state index is -0.235. The van der Waals surface area contributed by atoms with Crippen LogP contribution in [-0.2, 0) is 4.79 Å². The highest BCUT2D eigenvalue weighted by Gasteiger charge is 2.22. The van der Waals surface area contributed by atoms with E-state index in [1.807, 2.05) is 0 Å². The molecule has 1 saturated carbocycles. The van der Waals surface area contributed by atoms with Crippen molar-refractivity contribution < 1.29 is 4.79 Å². The Morgan fingerprint density at radius 3 is 3.06 bits per heavy atom. The minimum Gasteiger partial charge on any atom is -0.384 e. The predicted octanol–water partition coefficient (Wildman–Crippen LogP) is 0.241. The summed E-state index contributed by atoms with van der Waals surface area (Å²) in [6.07, 6.45) is 5.03. The number of nitrogens with zero attached hydrogens (tertiary/aromatic N) is 1. The number of nitrogens with one attached hydrogen (secondary N) is 3. The number of aromatic amines is 1. The van der Waals surface area contributed by atoms with E-state index in [4.69, 9.17) is 0 Å². The molecule has 1 fully saturated rings. The molecular formula is C11H16N4O2. The fourth-order valence-electron chi connectivity index (χ4n) is 1.48. The Balaban J connectivity index is 1.62. The molecule has 6 nitrogen and oxygen atoms in total. The standard InChI is InChI=1S/C11H16N4O2/c16-10(14-8-3-4-8)2-1-5-12-9-6-11(17)15-13-7-9/h6-8H,1-5H2,(H,14,16)(H2,12,15,17). The fourth-order valence-corrected chi connectivity index (χ4v) is 1.48. The van der Waals surface area contributed by atoms with Crippen LogP contribution in [0.1, 0.15) is 25.7 Å². The molecular weight excluding hydrogens is 220 g/mol. The number of H-pyrrole nitrogens is 1. The number of carbonyl (C=O) groups is 1. The minimum absolute atomic E-state index is 0.110. The van der Waals surface area contributed by atoms with Crippen LogP contribution in [0.3, 0.4) is 0 Å². The summed E-state index contributed by atoms with van der Waals surface area (Å²) in [7, 11) is 0. The summed E-state index contributed by atoms with van der Waals surface area (Å²) >= 11 is 0. The van der Waals surface area contributed by atoms with E-state index in [2.05, 4.69) is 20.8 Å². The van der Waals surface area contributed by atoms with E-state index in [1.54, 1.807) is 6.20 Å². The monoisotopic (exact) mass is 236 g/mol. The summed E-state index contributed by atoms with van der Waals surface area (Å²) in [5, 5.41) is 11.9. The number of carbonyl (C=O) groups excluding carboxylic acids is 1. The van der Waals surface area contributed by atoms with Gasteiger partial charge in [-0.05, 0) is 19.3 Å². The van der Waals surface area contributed by atoms with Gasteiger partial charge in [-0.1, -0.05) is 0 Å². The van der Waals surface area contributed by atoms with Gasteiger partial charge < -0.3 is 10.6 Å². The van der Waals surface area contributed by atoms with Crippen LogP contribution in [0.15, 0.2) is 17.1 Å². The number of hydrogen-bond donors (Lipinski definition) is 3. The van der Waals surface area contributed by atoms with Gasteiger partial charge in [-0.15, -0.1) is 0 Å². The molecule has 0 spiro atoms. The first kappa shape index (κ1) is 11.6. The van der Waals surface area contributed by atoms with E-state index in [-0.39, 0.29) is 11.5 Å². The van der Waals surface area contributed by atoms with Crippen molar-refractivity contribution in [2.75, 3.05) is 11.9 Å². The number of rotatable bonds is 6. The van der Waals surface area contributed by atoms with Gasteiger partial charge in [-0.3, -0.25) is 9.59 Å². The molecule has 17 heavy (non-hydrogen) atoms. The Hall–Kier alpha value is -1.85. The molecule has 1 aliphatic carbocycles. The topological polar surface area (TPSA) is 86.9 Å². The van der Waals surface area contributed by atoms with Crippen LogP contribution in [-0.4, -0.2) is 28.7 Å². The highest BCUT2D eigenvalue weighted by Crippen LogP contribution is 2.18. The Morgan fingerprint density at radius 1 is 1.53 bits per heavy atom. The van der Waals surface area contributed by atoms with Crippen LogP contribution < -0.4 is 16.2 Å². The third kappa shape index (κ3) is 4.26. The second-order valence-corrected chi connectivity index (χ2v) is 4.21. The van der Waals surface area contributed by atoms with Gasteiger partial charge in [0.15, 0.2) is 0 Å². The van der Waals surface area contributed by atoms with E-state index in [0.29, 0.717) is 24.7 Å². The molecule has 0 radical (unpaired) electrons. The van der Waals surface area contributed by atoms with Crippen LogP contribution in [0, 0.1) is 0 Å². The molecule has 0 atom stereocenters. The number of aromatic nitrogens is 2. The van der Waals surface area contributed by atoms with Crippen LogP contribution in [0.4, 0.5) is 5.69 Å². The molecule has 1 amide bonds. The first-order valence-corrected chi connectivity index (χ1v) is 5.82. The Bertz CT molecular complexity index is 439. The van der Waals surface area contributed by atoms with Gasteiger partial charge in [0, 0.05) is 25.1 Å². The maximum Gasteiger partial charge on any atom is 0.266 e. The van der Waals surface area contributed by atoms with Crippen molar-refractivity contribution in [1.29, 1.82) is 0 Å². The average Bonchev–Trinajstić information content (AvgIpc) is 3.08. The molecule has 6 heteroatoms. The van der Waals surface area contributed by atoms with E-state index < -0.39 is 0 Å². The molecule has 1 heterocycles. The van der Waals surface area contributed by atoms with Gasteiger partial charge in [-0.25, -0.2) is 5.10 Å². The zero-order valence-electron chi connectivity index (χ0n) is 9.53. The van der Waals surface area contributed by atoms with E-state index >= 15 is 0 Å². The van der Waals surface area contributed by atoms with Gasteiger partial charge in [0.25, 0.3) is 5.56 Å². The lowest BCUT2D eigenvalue weighted by Crippen LogP contribution is -2.25. The lowest BCUT2D eigenvalue weighted by molar-refractivity contribution is -0.121. The van der Waals surface area contributed by atoms with Crippen molar-refractivity contribution in [3.8, 4) is 0 Å². The maximum atomic E-state index is 11.4.